The molecule has 0 aromatic heterocycles. The van der Waals surface area contributed by atoms with Gasteiger partial charge in [-0.05, 0) is 49.1 Å². The Labute approximate surface area is 173 Å². The van der Waals surface area contributed by atoms with Crippen LogP contribution in [0.1, 0.15) is 43.9 Å². The maximum atomic E-state index is 13.3. The van der Waals surface area contributed by atoms with Crippen LogP contribution in [0.4, 0.5) is 5.69 Å². The molecule has 1 aliphatic heterocycles. The normalized spacial score (nSPS) is 20.4. The molecule has 0 unspecified atom stereocenters. The second kappa shape index (κ2) is 7.36. The highest BCUT2D eigenvalue weighted by molar-refractivity contribution is 6.06. The number of carbonyl (C=O) groups excluding carboxylic acids is 1. The monoisotopic (exact) mass is 381 g/mol. The third kappa shape index (κ3) is 3.51. The first kappa shape index (κ1) is 19.2. The van der Waals surface area contributed by atoms with E-state index in [4.69, 9.17) is 0 Å². The molecule has 1 atom stereocenters. The molecule has 3 aromatic rings. The van der Waals surface area contributed by atoms with Crippen molar-refractivity contribution in [2.24, 2.45) is 0 Å². The van der Waals surface area contributed by atoms with Crippen LogP contribution in [-0.2, 0) is 10.2 Å². The van der Waals surface area contributed by atoms with Crippen LogP contribution in [0, 0.1) is 0 Å². The number of para-hydroxylation sites is 1. The Hall–Kier alpha value is -3.13. The summed E-state index contributed by atoms with van der Waals surface area (Å²) >= 11 is 0. The van der Waals surface area contributed by atoms with Crippen molar-refractivity contribution in [2.45, 2.75) is 38.1 Å². The summed E-state index contributed by atoms with van der Waals surface area (Å²) in [5.41, 5.74) is 4.04. The Morgan fingerprint density at radius 2 is 1.41 bits per heavy atom. The fourth-order valence-corrected chi connectivity index (χ4v) is 4.79. The topological polar surface area (TPSA) is 20.3 Å². The smallest absolute Gasteiger partial charge is 0.251 e. The molecule has 1 heterocycles. The van der Waals surface area contributed by atoms with Crippen molar-refractivity contribution < 1.29 is 4.79 Å². The average Bonchev–Trinajstić information content (AvgIpc) is 2.73. The maximum Gasteiger partial charge on any atom is 0.251 e. The summed E-state index contributed by atoms with van der Waals surface area (Å²) in [7, 11) is 0. The first-order chi connectivity index (χ1) is 13.9. The zero-order valence-corrected chi connectivity index (χ0v) is 17.3. The minimum atomic E-state index is -0.322. The Morgan fingerprint density at radius 3 is 2.10 bits per heavy atom. The van der Waals surface area contributed by atoms with Crippen molar-refractivity contribution in [3.05, 3.63) is 108 Å². The van der Waals surface area contributed by atoms with Gasteiger partial charge in [-0.2, -0.15) is 0 Å². The van der Waals surface area contributed by atoms with Crippen LogP contribution in [0.5, 0.6) is 0 Å². The Bertz CT molecular complexity index is 1040. The highest BCUT2D eigenvalue weighted by Crippen LogP contribution is 2.50. The number of hydrogen-bond donors (Lipinski definition) is 0. The van der Waals surface area contributed by atoms with E-state index in [2.05, 4.69) is 69.3 Å². The molecule has 0 saturated carbocycles. The number of hydrogen-bond acceptors (Lipinski definition) is 1. The molecule has 4 rings (SSSR count). The van der Waals surface area contributed by atoms with Crippen molar-refractivity contribution in [3.63, 3.8) is 0 Å². The highest BCUT2D eigenvalue weighted by Gasteiger charge is 2.47. The SMILES string of the molecule is CC1(C)C[C@@](C)(c2ccccc2)c2ccccc2N1C(=O)/C=C/c1ccccc1. The number of amides is 1. The Balaban J connectivity index is 1.78. The summed E-state index contributed by atoms with van der Waals surface area (Å²) in [5.74, 6) is 0.0152. The number of carbonyl (C=O) groups is 1. The molecule has 1 amide bonds. The lowest BCUT2D eigenvalue weighted by Gasteiger charge is -2.51. The van der Waals surface area contributed by atoms with Crippen molar-refractivity contribution in [1.82, 2.24) is 0 Å². The van der Waals surface area contributed by atoms with Crippen LogP contribution in [0.2, 0.25) is 0 Å². The maximum absolute atomic E-state index is 13.3. The molecular formula is C27H27NO. The number of fused-ring (bicyclic) bond motifs is 1. The largest absolute Gasteiger partial charge is 0.303 e. The van der Waals surface area contributed by atoms with Crippen molar-refractivity contribution in [3.8, 4) is 0 Å². The van der Waals surface area contributed by atoms with E-state index >= 15 is 0 Å². The molecule has 0 spiro atoms. The molecule has 1 aliphatic rings. The minimum Gasteiger partial charge on any atom is -0.303 e. The van der Waals surface area contributed by atoms with Crippen LogP contribution < -0.4 is 4.90 Å². The summed E-state index contributed by atoms with van der Waals surface area (Å²) in [6.07, 6.45) is 4.44. The summed E-state index contributed by atoms with van der Waals surface area (Å²) in [5, 5.41) is 0. The number of anilines is 1. The lowest BCUT2D eigenvalue weighted by atomic mass is 9.65. The van der Waals surface area contributed by atoms with Crippen LogP contribution in [-0.4, -0.2) is 11.4 Å². The van der Waals surface area contributed by atoms with Gasteiger partial charge in [0.15, 0.2) is 0 Å². The fraction of sp³-hybridized carbons (Fsp3) is 0.222. The van der Waals surface area contributed by atoms with Crippen molar-refractivity contribution >= 4 is 17.7 Å². The molecule has 0 bridgehead atoms. The van der Waals surface area contributed by atoms with Crippen LogP contribution in [0.25, 0.3) is 6.08 Å². The van der Waals surface area contributed by atoms with Crippen molar-refractivity contribution in [1.29, 1.82) is 0 Å². The van der Waals surface area contributed by atoms with E-state index in [1.807, 2.05) is 47.4 Å². The van der Waals surface area contributed by atoms with E-state index in [0.29, 0.717) is 0 Å². The number of benzene rings is 3. The van der Waals surface area contributed by atoms with Gasteiger partial charge in [0.25, 0.3) is 5.91 Å². The molecule has 0 radical (unpaired) electrons. The summed E-state index contributed by atoms with van der Waals surface area (Å²) in [6, 6.07) is 28.9. The molecule has 0 aliphatic carbocycles. The van der Waals surface area contributed by atoms with Crippen LogP contribution in [0.3, 0.4) is 0 Å². The summed E-state index contributed by atoms with van der Waals surface area (Å²) in [4.78, 5) is 15.3. The van der Waals surface area contributed by atoms with Gasteiger partial charge < -0.3 is 4.90 Å². The molecule has 0 fully saturated rings. The zero-order valence-electron chi connectivity index (χ0n) is 17.3. The highest BCUT2D eigenvalue weighted by atomic mass is 16.2. The van der Waals surface area contributed by atoms with E-state index < -0.39 is 0 Å². The van der Waals surface area contributed by atoms with Crippen molar-refractivity contribution in [2.75, 3.05) is 4.90 Å². The Kier molecular flexibility index (Phi) is 4.87. The molecule has 2 heteroatoms. The van der Waals surface area contributed by atoms with E-state index in [-0.39, 0.29) is 16.9 Å². The fourth-order valence-electron chi connectivity index (χ4n) is 4.79. The molecule has 2 nitrogen and oxygen atoms in total. The second-order valence-electron chi connectivity index (χ2n) is 8.62. The van der Waals surface area contributed by atoms with Gasteiger partial charge in [0.05, 0.1) is 0 Å². The summed E-state index contributed by atoms with van der Waals surface area (Å²) < 4.78 is 0. The first-order valence-electron chi connectivity index (χ1n) is 10.1. The zero-order chi connectivity index (χ0) is 20.5. The predicted molar refractivity (Wildman–Crippen MR) is 121 cm³/mol. The van der Waals surface area contributed by atoms with Gasteiger partial charge >= 0.3 is 0 Å². The molecule has 146 valence electrons. The standard InChI is InChI=1S/C27H27NO/c1-26(2)20-27(3,22-14-8-5-9-15-22)23-16-10-11-17-24(23)28(26)25(29)19-18-21-12-6-4-7-13-21/h4-19H,20H2,1-3H3/b19-18+/t27-/m0/s1. The van der Waals surface area contributed by atoms with Gasteiger partial charge in [-0.15, -0.1) is 0 Å². The molecule has 0 N–H and O–H groups in total. The number of rotatable bonds is 3. The van der Waals surface area contributed by atoms with Crippen LogP contribution >= 0.6 is 0 Å². The van der Waals surface area contributed by atoms with E-state index in [9.17, 15) is 4.79 Å². The number of nitrogens with zero attached hydrogens (tertiary/aromatic N) is 1. The van der Waals surface area contributed by atoms with Gasteiger partial charge in [0.2, 0.25) is 0 Å². The van der Waals surface area contributed by atoms with Gasteiger partial charge in [-0.1, -0.05) is 85.8 Å². The molecule has 29 heavy (non-hydrogen) atoms. The summed E-state index contributed by atoms with van der Waals surface area (Å²) in [6.45, 7) is 6.63. The van der Waals surface area contributed by atoms with Gasteiger partial charge in [0, 0.05) is 22.7 Å². The van der Waals surface area contributed by atoms with E-state index in [0.717, 1.165) is 17.7 Å². The van der Waals surface area contributed by atoms with E-state index in [1.165, 1.54) is 11.1 Å². The van der Waals surface area contributed by atoms with E-state index in [1.54, 1.807) is 6.08 Å². The van der Waals surface area contributed by atoms with Gasteiger partial charge in [-0.25, -0.2) is 0 Å². The third-order valence-electron chi connectivity index (χ3n) is 5.98. The first-order valence-corrected chi connectivity index (χ1v) is 10.1. The molecular weight excluding hydrogens is 354 g/mol. The lowest BCUT2D eigenvalue weighted by molar-refractivity contribution is -0.115. The van der Waals surface area contributed by atoms with Crippen LogP contribution in [0.15, 0.2) is 91.0 Å². The average molecular weight is 382 g/mol. The minimum absolute atomic E-state index is 0.0152. The second-order valence-corrected chi connectivity index (χ2v) is 8.62. The lowest BCUT2D eigenvalue weighted by Crippen LogP contribution is -2.55. The Morgan fingerprint density at radius 1 is 0.828 bits per heavy atom. The third-order valence-corrected chi connectivity index (χ3v) is 5.98. The van der Waals surface area contributed by atoms with Gasteiger partial charge in [-0.3, -0.25) is 4.79 Å². The molecule has 0 saturated heterocycles. The quantitative estimate of drug-likeness (QED) is 0.493. The van der Waals surface area contributed by atoms with Gasteiger partial charge in [0.1, 0.15) is 0 Å². The predicted octanol–water partition coefficient (Wildman–Crippen LogP) is 6.22. The molecule has 3 aromatic carbocycles.